The standard InChI is InChI=1S/C13H10F3NO/c1-8-11(6-7-12(18)17-8)9-2-4-10(5-3-9)13(14,15)16/h2-7H,1H3,(H,17,18). The number of rotatable bonds is 1. The van der Waals surface area contributed by atoms with Crippen LogP contribution in [0.1, 0.15) is 11.3 Å². The SMILES string of the molecule is Cc1[nH]c(=O)ccc1-c1ccc(C(F)(F)F)cc1. The third-order valence-corrected chi connectivity index (χ3v) is 2.64. The zero-order chi connectivity index (χ0) is 13.3. The highest BCUT2D eigenvalue weighted by Gasteiger charge is 2.29. The maximum absolute atomic E-state index is 12.4. The summed E-state index contributed by atoms with van der Waals surface area (Å²) < 4.78 is 37.2. The van der Waals surface area contributed by atoms with Crippen LogP contribution in [0.5, 0.6) is 0 Å². The molecule has 18 heavy (non-hydrogen) atoms. The molecule has 0 amide bonds. The molecule has 5 heteroatoms. The van der Waals surface area contributed by atoms with E-state index >= 15 is 0 Å². The average Bonchev–Trinajstić information content (AvgIpc) is 2.28. The van der Waals surface area contributed by atoms with Gasteiger partial charge >= 0.3 is 6.18 Å². The minimum absolute atomic E-state index is 0.233. The van der Waals surface area contributed by atoms with Crippen molar-refractivity contribution in [1.29, 1.82) is 0 Å². The molecule has 1 heterocycles. The molecular formula is C13H10F3NO. The number of aromatic amines is 1. The van der Waals surface area contributed by atoms with Crippen LogP contribution in [0.4, 0.5) is 13.2 Å². The van der Waals surface area contributed by atoms with Crippen molar-refractivity contribution in [2.24, 2.45) is 0 Å². The second kappa shape index (κ2) is 4.33. The Bertz CT molecular complexity index is 611. The van der Waals surface area contributed by atoms with Gasteiger partial charge in [-0.15, -0.1) is 0 Å². The lowest BCUT2D eigenvalue weighted by Crippen LogP contribution is -2.06. The van der Waals surface area contributed by atoms with Gasteiger partial charge in [0.2, 0.25) is 5.56 Å². The minimum Gasteiger partial charge on any atom is -0.326 e. The largest absolute Gasteiger partial charge is 0.416 e. The molecule has 0 radical (unpaired) electrons. The lowest BCUT2D eigenvalue weighted by Gasteiger charge is -2.09. The Kier molecular flexibility index (Phi) is 2.98. The van der Waals surface area contributed by atoms with Gasteiger partial charge in [-0.3, -0.25) is 4.79 Å². The highest BCUT2D eigenvalue weighted by Crippen LogP contribution is 2.31. The fourth-order valence-corrected chi connectivity index (χ4v) is 1.73. The van der Waals surface area contributed by atoms with Gasteiger partial charge < -0.3 is 4.98 Å². The Labute approximate surface area is 101 Å². The van der Waals surface area contributed by atoms with E-state index in [1.54, 1.807) is 13.0 Å². The van der Waals surface area contributed by atoms with Gasteiger partial charge in [0.05, 0.1) is 5.56 Å². The van der Waals surface area contributed by atoms with E-state index in [9.17, 15) is 18.0 Å². The Balaban J connectivity index is 2.44. The number of halogens is 3. The summed E-state index contributed by atoms with van der Waals surface area (Å²) >= 11 is 0. The summed E-state index contributed by atoms with van der Waals surface area (Å²) in [5.74, 6) is 0. The summed E-state index contributed by atoms with van der Waals surface area (Å²) in [5.41, 5.74) is 1.05. The van der Waals surface area contributed by atoms with Crippen molar-refractivity contribution in [1.82, 2.24) is 4.98 Å². The molecule has 2 nitrogen and oxygen atoms in total. The van der Waals surface area contributed by atoms with E-state index < -0.39 is 11.7 Å². The molecular weight excluding hydrogens is 243 g/mol. The van der Waals surface area contributed by atoms with Gasteiger partial charge in [0.1, 0.15) is 0 Å². The number of hydrogen-bond donors (Lipinski definition) is 1. The molecule has 0 aliphatic rings. The predicted octanol–water partition coefficient (Wildman–Crippen LogP) is 3.37. The van der Waals surface area contributed by atoms with Crippen molar-refractivity contribution in [3.63, 3.8) is 0 Å². The second-order valence-electron chi connectivity index (χ2n) is 3.94. The third-order valence-electron chi connectivity index (χ3n) is 2.64. The maximum Gasteiger partial charge on any atom is 0.416 e. The summed E-state index contributed by atoms with van der Waals surface area (Å²) in [6.45, 7) is 1.70. The minimum atomic E-state index is -4.33. The molecule has 0 aliphatic heterocycles. The second-order valence-corrected chi connectivity index (χ2v) is 3.94. The van der Waals surface area contributed by atoms with Crippen LogP contribution < -0.4 is 5.56 Å². The van der Waals surface area contributed by atoms with Crippen LogP contribution in [-0.4, -0.2) is 4.98 Å². The highest BCUT2D eigenvalue weighted by atomic mass is 19.4. The monoisotopic (exact) mass is 253 g/mol. The van der Waals surface area contributed by atoms with Crippen molar-refractivity contribution in [2.45, 2.75) is 13.1 Å². The van der Waals surface area contributed by atoms with Gasteiger partial charge in [-0.25, -0.2) is 0 Å². The normalized spacial score (nSPS) is 11.6. The van der Waals surface area contributed by atoms with E-state index in [2.05, 4.69) is 4.98 Å². The van der Waals surface area contributed by atoms with Crippen LogP contribution in [0, 0.1) is 6.92 Å². The van der Waals surface area contributed by atoms with Crippen LogP contribution in [0.3, 0.4) is 0 Å². The molecule has 1 aromatic heterocycles. The van der Waals surface area contributed by atoms with Crippen molar-refractivity contribution in [2.75, 3.05) is 0 Å². The van der Waals surface area contributed by atoms with Crippen molar-refractivity contribution < 1.29 is 13.2 Å². The Morgan fingerprint density at radius 3 is 2.11 bits per heavy atom. The number of aromatic nitrogens is 1. The first-order valence-electron chi connectivity index (χ1n) is 5.25. The fraction of sp³-hybridized carbons (Fsp3) is 0.154. The molecule has 0 bridgehead atoms. The van der Waals surface area contributed by atoms with Crippen LogP contribution in [0.25, 0.3) is 11.1 Å². The quantitative estimate of drug-likeness (QED) is 0.830. The Morgan fingerprint density at radius 1 is 1.00 bits per heavy atom. The van der Waals surface area contributed by atoms with Gasteiger partial charge in [-0.05, 0) is 30.7 Å². The van der Waals surface area contributed by atoms with Gasteiger partial charge in [-0.1, -0.05) is 12.1 Å². The average molecular weight is 253 g/mol. The van der Waals surface area contributed by atoms with E-state index in [1.165, 1.54) is 18.2 Å². The summed E-state index contributed by atoms with van der Waals surface area (Å²) in [6, 6.07) is 7.78. The number of nitrogens with one attached hydrogen (secondary N) is 1. The van der Waals surface area contributed by atoms with Gasteiger partial charge in [0.25, 0.3) is 0 Å². The van der Waals surface area contributed by atoms with Gasteiger partial charge in [-0.2, -0.15) is 13.2 Å². The predicted molar refractivity (Wildman–Crippen MR) is 62.2 cm³/mol. The molecule has 0 aliphatic carbocycles. The van der Waals surface area contributed by atoms with Crippen molar-refractivity contribution in [3.05, 3.63) is 58.0 Å². The van der Waals surface area contributed by atoms with Crippen molar-refractivity contribution in [3.8, 4) is 11.1 Å². The Morgan fingerprint density at radius 2 is 1.61 bits per heavy atom. The number of pyridine rings is 1. The summed E-state index contributed by atoms with van der Waals surface area (Å²) in [4.78, 5) is 13.7. The van der Waals surface area contributed by atoms with E-state index in [0.29, 0.717) is 16.8 Å². The maximum atomic E-state index is 12.4. The number of benzene rings is 1. The summed E-state index contributed by atoms with van der Waals surface area (Å²) in [5, 5.41) is 0. The van der Waals surface area contributed by atoms with Gasteiger partial charge in [0, 0.05) is 17.3 Å². The van der Waals surface area contributed by atoms with Crippen LogP contribution >= 0.6 is 0 Å². The number of H-pyrrole nitrogens is 1. The number of aryl methyl sites for hydroxylation is 1. The van der Waals surface area contributed by atoms with E-state index in [1.807, 2.05) is 0 Å². The number of alkyl halides is 3. The topological polar surface area (TPSA) is 32.9 Å². The molecule has 0 spiro atoms. The molecule has 0 saturated carbocycles. The zero-order valence-electron chi connectivity index (χ0n) is 9.51. The van der Waals surface area contributed by atoms with Crippen LogP contribution in [0.2, 0.25) is 0 Å². The van der Waals surface area contributed by atoms with E-state index in [0.717, 1.165) is 12.1 Å². The van der Waals surface area contributed by atoms with E-state index in [4.69, 9.17) is 0 Å². The lowest BCUT2D eigenvalue weighted by atomic mass is 10.0. The molecule has 1 aromatic carbocycles. The van der Waals surface area contributed by atoms with E-state index in [-0.39, 0.29) is 5.56 Å². The summed E-state index contributed by atoms with van der Waals surface area (Å²) in [7, 11) is 0. The lowest BCUT2D eigenvalue weighted by molar-refractivity contribution is -0.137. The van der Waals surface area contributed by atoms with Crippen molar-refractivity contribution >= 4 is 0 Å². The first kappa shape index (κ1) is 12.4. The molecule has 94 valence electrons. The smallest absolute Gasteiger partial charge is 0.326 e. The molecule has 0 fully saturated rings. The van der Waals surface area contributed by atoms with Crippen LogP contribution in [-0.2, 0) is 6.18 Å². The highest BCUT2D eigenvalue weighted by molar-refractivity contribution is 5.65. The Hall–Kier alpha value is -2.04. The third kappa shape index (κ3) is 2.45. The molecule has 0 unspecified atom stereocenters. The molecule has 0 saturated heterocycles. The first-order valence-corrected chi connectivity index (χ1v) is 5.25. The number of hydrogen-bond acceptors (Lipinski definition) is 1. The fourth-order valence-electron chi connectivity index (χ4n) is 1.73. The zero-order valence-corrected chi connectivity index (χ0v) is 9.51. The molecule has 1 N–H and O–H groups in total. The summed E-state index contributed by atoms with van der Waals surface area (Å²) in [6.07, 6.45) is -4.33. The molecule has 2 aromatic rings. The van der Waals surface area contributed by atoms with Crippen LogP contribution in [0.15, 0.2) is 41.2 Å². The molecule has 0 atom stereocenters. The first-order chi connectivity index (χ1) is 8.38. The molecule has 2 rings (SSSR count). The van der Waals surface area contributed by atoms with Gasteiger partial charge in [0.15, 0.2) is 0 Å².